The summed E-state index contributed by atoms with van der Waals surface area (Å²) in [6.07, 6.45) is 5.83. The number of hydrogen-bond acceptors (Lipinski definition) is 4. The lowest BCUT2D eigenvalue weighted by atomic mass is 9.93. The van der Waals surface area contributed by atoms with E-state index in [-0.39, 0.29) is 24.0 Å². The molecular formula is C20H35IN4O2S. The van der Waals surface area contributed by atoms with E-state index in [0.717, 1.165) is 37.0 Å². The Morgan fingerprint density at radius 3 is 2.29 bits per heavy atom. The molecule has 0 spiro atoms. The molecule has 8 heteroatoms. The van der Waals surface area contributed by atoms with Crippen LogP contribution in [0.25, 0.3) is 0 Å². The lowest BCUT2D eigenvalue weighted by Gasteiger charge is -2.31. The molecule has 1 fully saturated rings. The van der Waals surface area contributed by atoms with Crippen LogP contribution in [0.5, 0.6) is 0 Å². The number of likely N-dealkylation sites (tertiary alicyclic amines) is 1. The van der Waals surface area contributed by atoms with Crippen molar-refractivity contribution in [2.24, 2.45) is 10.9 Å². The number of rotatable bonds is 8. The number of aliphatic imine (C=N–C) groups is 1. The quantitative estimate of drug-likeness (QED) is 0.312. The Hall–Kier alpha value is -0.870. The molecule has 1 aliphatic rings. The van der Waals surface area contributed by atoms with Crippen LogP contribution in [0.15, 0.2) is 34.2 Å². The maximum absolute atomic E-state index is 11.5. The van der Waals surface area contributed by atoms with Crippen LogP contribution in [-0.2, 0) is 16.3 Å². The Balaban J connectivity index is 0.00000392. The minimum Gasteiger partial charge on any atom is -0.356 e. The van der Waals surface area contributed by atoms with Gasteiger partial charge in [0.25, 0.3) is 0 Å². The molecule has 0 radical (unpaired) electrons. The van der Waals surface area contributed by atoms with Gasteiger partial charge in [0, 0.05) is 26.4 Å². The number of nitrogens with one attached hydrogen (secondary N) is 2. The van der Waals surface area contributed by atoms with E-state index in [1.54, 1.807) is 19.2 Å². The second-order valence-corrected chi connectivity index (χ2v) is 9.27. The molecular weight excluding hydrogens is 487 g/mol. The van der Waals surface area contributed by atoms with E-state index in [1.165, 1.54) is 45.2 Å². The highest BCUT2D eigenvalue weighted by Gasteiger charge is 2.17. The van der Waals surface area contributed by atoms with Gasteiger partial charge >= 0.3 is 0 Å². The molecule has 0 aliphatic carbocycles. The molecule has 0 amide bonds. The Morgan fingerprint density at radius 1 is 1.14 bits per heavy atom. The Labute approximate surface area is 187 Å². The first kappa shape index (κ1) is 25.2. The van der Waals surface area contributed by atoms with Gasteiger partial charge in [-0.05, 0) is 68.9 Å². The van der Waals surface area contributed by atoms with Crippen molar-refractivity contribution in [3.8, 4) is 0 Å². The van der Waals surface area contributed by atoms with Gasteiger partial charge in [0.05, 0.1) is 4.90 Å². The zero-order chi connectivity index (χ0) is 19.7. The molecule has 2 N–H and O–H groups in total. The topological polar surface area (TPSA) is 73.8 Å². The van der Waals surface area contributed by atoms with Gasteiger partial charge in [0.1, 0.15) is 0 Å². The van der Waals surface area contributed by atoms with Crippen molar-refractivity contribution in [3.63, 3.8) is 0 Å². The molecule has 0 aromatic heterocycles. The molecule has 1 aliphatic heterocycles. The summed E-state index contributed by atoms with van der Waals surface area (Å²) in [5.74, 6) is 1.64. The normalized spacial score (nSPS) is 16.5. The number of nitrogens with zero attached hydrogens (tertiary/aromatic N) is 2. The summed E-state index contributed by atoms with van der Waals surface area (Å²) >= 11 is 0. The van der Waals surface area contributed by atoms with E-state index in [2.05, 4.69) is 27.4 Å². The van der Waals surface area contributed by atoms with Crippen molar-refractivity contribution in [1.82, 2.24) is 15.5 Å². The molecule has 0 bridgehead atoms. The van der Waals surface area contributed by atoms with Crippen molar-refractivity contribution < 1.29 is 8.42 Å². The van der Waals surface area contributed by atoms with Crippen molar-refractivity contribution in [1.29, 1.82) is 0 Å². The average molecular weight is 522 g/mol. The molecule has 2 rings (SSSR count). The number of guanidine groups is 1. The summed E-state index contributed by atoms with van der Waals surface area (Å²) in [6, 6.07) is 7.08. The zero-order valence-corrected chi connectivity index (χ0v) is 20.4. The fourth-order valence-corrected chi connectivity index (χ4v) is 4.07. The largest absolute Gasteiger partial charge is 0.356 e. The van der Waals surface area contributed by atoms with Gasteiger partial charge in [-0.25, -0.2) is 8.42 Å². The van der Waals surface area contributed by atoms with E-state index < -0.39 is 9.84 Å². The van der Waals surface area contributed by atoms with Gasteiger partial charge in [0.2, 0.25) is 0 Å². The minimum atomic E-state index is -3.13. The Kier molecular flexibility index (Phi) is 11.4. The third-order valence-electron chi connectivity index (χ3n) is 5.28. The minimum absolute atomic E-state index is 0. The highest BCUT2D eigenvalue weighted by molar-refractivity contribution is 14.0. The van der Waals surface area contributed by atoms with Crippen LogP contribution in [0.4, 0.5) is 0 Å². The molecule has 0 atom stereocenters. The van der Waals surface area contributed by atoms with Crippen LogP contribution in [-0.4, -0.2) is 65.3 Å². The number of hydrogen-bond donors (Lipinski definition) is 2. The number of sulfone groups is 1. The molecule has 1 aromatic carbocycles. The number of piperidine rings is 1. The lowest BCUT2D eigenvalue weighted by molar-refractivity contribution is 0.187. The van der Waals surface area contributed by atoms with Crippen LogP contribution in [0.2, 0.25) is 0 Å². The van der Waals surface area contributed by atoms with Crippen LogP contribution < -0.4 is 10.6 Å². The van der Waals surface area contributed by atoms with Gasteiger partial charge in [-0.15, -0.1) is 24.0 Å². The molecule has 0 unspecified atom stereocenters. The summed E-state index contributed by atoms with van der Waals surface area (Å²) in [7, 11) is -1.34. The van der Waals surface area contributed by atoms with Gasteiger partial charge < -0.3 is 15.5 Å². The second-order valence-electron chi connectivity index (χ2n) is 7.26. The summed E-state index contributed by atoms with van der Waals surface area (Å²) < 4.78 is 23.0. The van der Waals surface area contributed by atoms with Crippen LogP contribution in [0.1, 0.15) is 31.7 Å². The zero-order valence-electron chi connectivity index (χ0n) is 17.3. The third-order valence-corrected chi connectivity index (χ3v) is 6.41. The molecule has 1 saturated heterocycles. The summed E-state index contributed by atoms with van der Waals surface area (Å²) in [5, 5.41) is 6.73. The first-order valence-corrected chi connectivity index (χ1v) is 11.8. The van der Waals surface area contributed by atoms with Crippen LogP contribution in [0.3, 0.4) is 0 Å². The molecule has 1 aromatic rings. The maximum Gasteiger partial charge on any atom is 0.190 e. The fourth-order valence-electron chi connectivity index (χ4n) is 3.44. The van der Waals surface area contributed by atoms with Gasteiger partial charge in [-0.3, -0.25) is 4.99 Å². The Bertz CT molecular complexity index is 699. The first-order chi connectivity index (χ1) is 12.9. The van der Waals surface area contributed by atoms with Gasteiger partial charge in [0.15, 0.2) is 15.8 Å². The molecule has 0 saturated carbocycles. The van der Waals surface area contributed by atoms with Gasteiger partial charge in [-0.2, -0.15) is 0 Å². The average Bonchev–Trinajstić information content (AvgIpc) is 2.67. The molecule has 28 heavy (non-hydrogen) atoms. The molecule has 1 heterocycles. The van der Waals surface area contributed by atoms with Crippen molar-refractivity contribution in [2.45, 2.75) is 37.5 Å². The number of benzene rings is 1. The van der Waals surface area contributed by atoms with Crippen LogP contribution in [0, 0.1) is 5.92 Å². The lowest BCUT2D eigenvalue weighted by Crippen LogP contribution is -2.40. The van der Waals surface area contributed by atoms with Crippen molar-refractivity contribution in [2.75, 3.05) is 46.0 Å². The highest BCUT2D eigenvalue weighted by Crippen LogP contribution is 2.19. The van der Waals surface area contributed by atoms with Gasteiger partial charge in [-0.1, -0.05) is 19.1 Å². The van der Waals surface area contributed by atoms with E-state index in [4.69, 9.17) is 0 Å². The maximum atomic E-state index is 11.5. The van der Waals surface area contributed by atoms with Crippen molar-refractivity contribution >= 4 is 39.8 Å². The molecule has 6 nitrogen and oxygen atoms in total. The summed E-state index contributed by atoms with van der Waals surface area (Å²) in [5.41, 5.74) is 1.10. The Morgan fingerprint density at radius 2 is 1.75 bits per heavy atom. The standard InChI is InChI=1S/C20H34N4O2S.HI/c1-4-24-15-11-18(12-16-24)10-14-23-20(21-2)22-13-9-17-5-7-19(8-6-17)27(3,25)26;/h5-8,18H,4,9-16H2,1-3H3,(H2,21,22,23);1H. The second kappa shape index (κ2) is 12.6. The third kappa shape index (κ3) is 8.65. The summed E-state index contributed by atoms with van der Waals surface area (Å²) in [6.45, 7) is 7.56. The molecule has 160 valence electrons. The highest BCUT2D eigenvalue weighted by atomic mass is 127. The SMILES string of the molecule is CCN1CCC(CCNC(=NC)NCCc2ccc(S(C)(=O)=O)cc2)CC1.I. The predicted octanol–water partition coefficient (Wildman–Crippen LogP) is 2.54. The predicted molar refractivity (Wildman–Crippen MR) is 127 cm³/mol. The van der Waals surface area contributed by atoms with Crippen LogP contribution >= 0.6 is 24.0 Å². The first-order valence-electron chi connectivity index (χ1n) is 9.88. The number of halogens is 1. The van der Waals surface area contributed by atoms with E-state index >= 15 is 0 Å². The fraction of sp³-hybridized carbons (Fsp3) is 0.650. The smallest absolute Gasteiger partial charge is 0.190 e. The monoisotopic (exact) mass is 522 g/mol. The van der Waals surface area contributed by atoms with E-state index in [1.807, 2.05) is 12.1 Å². The van der Waals surface area contributed by atoms with E-state index in [9.17, 15) is 8.42 Å². The van der Waals surface area contributed by atoms with E-state index in [0.29, 0.717) is 4.90 Å². The summed E-state index contributed by atoms with van der Waals surface area (Å²) in [4.78, 5) is 7.16. The van der Waals surface area contributed by atoms with Crippen molar-refractivity contribution in [3.05, 3.63) is 29.8 Å².